The molecule has 1 aliphatic rings. The van der Waals surface area contributed by atoms with Crippen molar-refractivity contribution in [2.75, 3.05) is 6.26 Å². The Kier molecular flexibility index (Phi) is 3.34. The van der Waals surface area contributed by atoms with E-state index in [0.29, 0.717) is 11.1 Å². The Balaban J connectivity index is 2.06. The van der Waals surface area contributed by atoms with Gasteiger partial charge in [-0.15, -0.1) is 0 Å². The van der Waals surface area contributed by atoms with Gasteiger partial charge in [-0.2, -0.15) is 11.8 Å². The summed E-state index contributed by atoms with van der Waals surface area (Å²) in [5, 5.41) is 1.43. The molecule has 2 atom stereocenters. The Hall–Kier alpha value is -0.210. The van der Waals surface area contributed by atoms with Crippen LogP contribution in [0.2, 0.25) is 5.15 Å². The molecule has 1 heterocycles. The number of hydrogen-bond donors (Lipinski definition) is 0. The van der Waals surface area contributed by atoms with Crippen LogP contribution >= 0.6 is 23.4 Å². The largest absolute Gasteiger partial charge is 0.244 e. The van der Waals surface area contributed by atoms with Gasteiger partial charge in [0, 0.05) is 11.4 Å². The molecule has 1 fully saturated rings. The number of rotatable bonds is 2. The first-order valence-corrected chi connectivity index (χ1v) is 6.60. The van der Waals surface area contributed by atoms with Crippen LogP contribution in [0.5, 0.6) is 0 Å². The van der Waals surface area contributed by atoms with Crippen molar-refractivity contribution in [2.45, 2.75) is 30.4 Å². The maximum absolute atomic E-state index is 5.76. The monoisotopic (exact) mass is 227 g/mol. The molecule has 76 valence electrons. The molecule has 0 radical (unpaired) electrons. The highest BCUT2D eigenvalue weighted by molar-refractivity contribution is 7.99. The highest BCUT2D eigenvalue weighted by atomic mass is 35.5. The minimum absolute atomic E-state index is 0.591. The van der Waals surface area contributed by atoms with E-state index >= 15 is 0 Å². The molecule has 2 rings (SSSR count). The third kappa shape index (κ3) is 2.23. The lowest BCUT2D eigenvalue weighted by Crippen LogP contribution is -1.96. The Labute approximate surface area is 94.3 Å². The van der Waals surface area contributed by atoms with E-state index in [1.165, 1.54) is 24.8 Å². The molecule has 0 aliphatic heterocycles. The molecule has 1 aromatic heterocycles. The fourth-order valence-corrected chi connectivity index (χ4v) is 2.99. The third-order valence-electron chi connectivity index (χ3n) is 2.94. The van der Waals surface area contributed by atoms with Crippen LogP contribution in [0.25, 0.3) is 0 Å². The first-order valence-electron chi connectivity index (χ1n) is 4.94. The molecule has 0 unspecified atom stereocenters. The van der Waals surface area contributed by atoms with Crippen LogP contribution in [0.1, 0.15) is 30.7 Å². The van der Waals surface area contributed by atoms with Crippen LogP contribution in [0, 0.1) is 0 Å². The van der Waals surface area contributed by atoms with E-state index in [0.717, 1.165) is 5.25 Å². The van der Waals surface area contributed by atoms with Gasteiger partial charge in [0.2, 0.25) is 0 Å². The fourth-order valence-electron chi connectivity index (χ4n) is 2.09. The maximum Gasteiger partial charge on any atom is 0.129 e. The zero-order valence-corrected chi connectivity index (χ0v) is 9.81. The van der Waals surface area contributed by atoms with Crippen LogP contribution < -0.4 is 0 Å². The first kappa shape index (κ1) is 10.3. The van der Waals surface area contributed by atoms with Crippen molar-refractivity contribution in [1.29, 1.82) is 0 Å². The summed E-state index contributed by atoms with van der Waals surface area (Å²) in [5.74, 6) is 0.706. The lowest BCUT2D eigenvalue weighted by Gasteiger charge is -2.09. The van der Waals surface area contributed by atoms with E-state index in [-0.39, 0.29) is 0 Å². The second-order valence-corrected chi connectivity index (χ2v) is 5.31. The number of thioether (sulfide) groups is 1. The lowest BCUT2D eigenvalue weighted by molar-refractivity contribution is 0.721. The molecule has 0 spiro atoms. The Morgan fingerprint density at radius 1 is 1.43 bits per heavy atom. The molecule has 3 heteroatoms. The van der Waals surface area contributed by atoms with Crippen LogP contribution in [-0.4, -0.2) is 16.5 Å². The van der Waals surface area contributed by atoms with Gasteiger partial charge in [-0.25, -0.2) is 4.98 Å². The lowest BCUT2D eigenvalue weighted by atomic mass is 10.00. The van der Waals surface area contributed by atoms with E-state index in [1.807, 2.05) is 24.0 Å². The predicted molar refractivity (Wildman–Crippen MR) is 63.1 cm³/mol. The molecule has 0 saturated heterocycles. The van der Waals surface area contributed by atoms with Crippen LogP contribution in [-0.2, 0) is 0 Å². The summed E-state index contributed by atoms with van der Waals surface area (Å²) >= 11 is 7.75. The smallest absolute Gasteiger partial charge is 0.129 e. The highest BCUT2D eigenvalue weighted by Gasteiger charge is 2.25. The van der Waals surface area contributed by atoms with Crippen molar-refractivity contribution in [1.82, 2.24) is 4.98 Å². The molecule has 1 saturated carbocycles. The van der Waals surface area contributed by atoms with Crippen molar-refractivity contribution in [3.05, 3.63) is 29.0 Å². The number of halogens is 1. The average Bonchev–Trinajstić information content (AvgIpc) is 2.67. The molecule has 1 aromatic rings. The summed E-state index contributed by atoms with van der Waals surface area (Å²) in [6.07, 6.45) is 8.07. The Morgan fingerprint density at radius 3 is 2.86 bits per heavy atom. The van der Waals surface area contributed by atoms with Gasteiger partial charge in [-0.1, -0.05) is 17.7 Å². The van der Waals surface area contributed by atoms with Crippen molar-refractivity contribution < 1.29 is 0 Å². The second kappa shape index (κ2) is 4.54. The Bertz CT molecular complexity index is 299. The zero-order valence-electron chi connectivity index (χ0n) is 8.24. The summed E-state index contributed by atoms with van der Waals surface area (Å²) in [4.78, 5) is 4.13. The van der Waals surface area contributed by atoms with Gasteiger partial charge < -0.3 is 0 Å². The molecule has 14 heavy (non-hydrogen) atoms. The van der Waals surface area contributed by atoms with E-state index < -0.39 is 0 Å². The molecule has 0 bridgehead atoms. The second-order valence-electron chi connectivity index (χ2n) is 3.78. The molecular weight excluding hydrogens is 214 g/mol. The molecule has 0 N–H and O–H groups in total. The van der Waals surface area contributed by atoms with Gasteiger partial charge in [0.1, 0.15) is 5.15 Å². The number of nitrogens with zero attached hydrogens (tertiary/aromatic N) is 1. The van der Waals surface area contributed by atoms with Crippen molar-refractivity contribution in [2.24, 2.45) is 0 Å². The summed E-state index contributed by atoms with van der Waals surface area (Å²) in [7, 11) is 0. The Morgan fingerprint density at radius 2 is 2.29 bits per heavy atom. The number of hydrogen-bond acceptors (Lipinski definition) is 2. The van der Waals surface area contributed by atoms with E-state index in [1.54, 1.807) is 0 Å². The quantitative estimate of drug-likeness (QED) is 0.714. The normalized spacial score (nSPS) is 26.7. The summed E-state index contributed by atoms with van der Waals surface area (Å²) in [6, 6.07) is 4.01. The van der Waals surface area contributed by atoms with Gasteiger partial charge in [-0.05, 0) is 43.1 Å². The van der Waals surface area contributed by atoms with Gasteiger partial charge in [0.25, 0.3) is 0 Å². The van der Waals surface area contributed by atoms with Gasteiger partial charge in [0.15, 0.2) is 0 Å². The van der Waals surface area contributed by atoms with Crippen LogP contribution in [0.4, 0.5) is 0 Å². The standard InChI is InChI=1S/C11H14ClNS/c1-14-10-4-2-8(6-10)9-3-5-11(12)13-7-9/h3,5,7-8,10H,2,4,6H2,1H3/t8-,10-/m0/s1. The van der Waals surface area contributed by atoms with Gasteiger partial charge in [-0.3, -0.25) is 0 Å². The van der Waals surface area contributed by atoms with Crippen molar-refractivity contribution in [3.8, 4) is 0 Å². The number of aromatic nitrogens is 1. The average molecular weight is 228 g/mol. The van der Waals surface area contributed by atoms with Crippen LogP contribution in [0.15, 0.2) is 18.3 Å². The SMILES string of the molecule is CS[C@H]1CC[C@H](c2ccc(Cl)nc2)C1. The van der Waals surface area contributed by atoms with E-state index in [4.69, 9.17) is 11.6 Å². The first-order chi connectivity index (χ1) is 6.79. The van der Waals surface area contributed by atoms with Crippen molar-refractivity contribution in [3.63, 3.8) is 0 Å². The van der Waals surface area contributed by atoms with Crippen molar-refractivity contribution >= 4 is 23.4 Å². The van der Waals surface area contributed by atoms with Gasteiger partial charge in [0.05, 0.1) is 0 Å². The van der Waals surface area contributed by atoms with Crippen LogP contribution in [0.3, 0.4) is 0 Å². The number of pyridine rings is 1. The van der Waals surface area contributed by atoms with E-state index in [9.17, 15) is 0 Å². The molecule has 0 amide bonds. The molecule has 1 aliphatic carbocycles. The third-order valence-corrected chi connectivity index (χ3v) is 4.26. The highest BCUT2D eigenvalue weighted by Crippen LogP contribution is 2.39. The molecule has 1 nitrogen and oxygen atoms in total. The van der Waals surface area contributed by atoms with Gasteiger partial charge >= 0.3 is 0 Å². The minimum Gasteiger partial charge on any atom is -0.244 e. The van der Waals surface area contributed by atoms with E-state index in [2.05, 4.69) is 17.3 Å². The zero-order chi connectivity index (χ0) is 9.97. The maximum atomic E-state index is 5.76. The topological polar surface area (TPSA) is 12.9 Å². The fraction of sp³-hybridized carbons (Fsp3) is 0.545. The summed E-state index contributed by atoms with van der Waals surface area (Å²) in [6.45, 7) is 0. The molecule has 0 aromatic carbocycles. The molecular formula is C11H14ClNS. The predicted octanol–water partition coefficient (Wildman–Crippen LogP) is 3.73. The summed E-state index contributed by atoms with van der Waals surface area (Å²) in [5.41, 5.74) is 1.35. The summed E-state index contributed by atoms with van der Waals surface area (Å²) < 4.78 is 0. The minimum atomic E-state index is 0.591.